The second-order valence-electron chi connectivity index (χ2n) is 5.27. The van der Waals surface area contributed by atoms with Gasteiger partial charge in [-0.05, 0) is 42.9 Å². The van der Waals surface area contributed by atoms with E-state index in [0.29, 0.717) is 0 Å². The van der Waals surface area contributed by atoms with E-state index in [1.54, 1.807) is 7.11 Å². The van der Waals surface area contributed by atoms with Gasteiger partial charge in [-0.25, -0.2) is 0 Å². The first-order chi connectivity index (χ1) is 9.65. The van der Waals surface area contributed by atoms with Crippen molar-refractivity contribution < 1.29 is 4.74 Å². The van der Waals surface area contributed by atoms with Gasteiger partial charge in [0.2, 0.25) is 0 Å². The van der Waals surface area contributed by atoms with E-state index < -0.39 is 0 Å². The first kappa shape index (κ1) is 13.0. The number of nitrogens with two attached hydrogens (primary N) is 1. The van der Waals surface area contributed by atoms with E-state index in [2.05, 4.69) is 28.3 Å². The number of nitrogens with one attached hydrogen (secondary N) is 2. The average molecular weight is 272 g/mol. The quantitative estimate of drug-likeness (QED) is 0.801. The Kier molecular flexibility index (Phi) is 3.38. The third kappa shape index (κ3) is 2.50. The van der Waals surface area contributed by atoms with Gasteiger partial charge in [0, 0.05) is 30.5 Å². The molecule has 0 spiro atoms. The fourth-order valence-corrected chi connectivity index (χ4v) is 2.64. The third-order valence-electron chi connectivity index (χ3n) is 3.64. The summed E-state index contributed by atoms with van der Waals surface area (Å²) in [5.74, 6) is 1.83. The van der Waals surface area contributed by atoms with Crippen molar-refractivity contribution in [3.05, 3.63) is 41.6 Å². The fraction of sp³-hybridized carbons (Fsp3) is 0.333. The zero-order chi connectivity index (χ0) is 14.1. The standard InChI is InChI=1S/C15H20N4O/c1-19-8-13(16)12-7-15(18-14(12)9-19)17-10-3-5-11(20-2)6-4-10/h3-7,13,17-18H,8-9,16H2,1-2H3. The molecule has 1 aromatic carbocycles. The Morgan fingerprint density at radius 3 is 2.80 bits per heavy atom. The Balaban J connectivity index is 1.79. The first-order valence-corrected chi connectivity index (χ1v) is 6.72. The molecule has 106 valence electrons. The summed E-state index contributed by atoms with van der Waals surface area (Å²) in [4.78, 5) is 5.63. The minimum Gasteiger partial charge on any atom is -0.497 e. The monoisotopic (exact) mass is 272 g/mol. The maximum atomic E-state index is 6.18. The number of nitrogens with zero attached hydrogens (tertiary/aromatic N) is 1. The summed E-state index contributed by atoms with van der Waals surface area (Å²) in [6.45, 7) is 1.81. The van der Waals surface area contributed by atoms with Gasteiger partial charge in [-0.2, -0.15) is 0 Å². The molecule has 0 fully saturated rings. The van der Waals surface area contributed by atoms with Crippen molar-refractivity contribution in [3.63, 3.8) is 0 Å². The topological polar surface area (TPSA) is 66.3 Å². The molecule has 1 aliphatic heterocycles. The predicted molar refractivity (Wildman–Crippen MR) is 80.3 cm³/mol. The fourth-order valence-electron chi connectivity index (χ4n) is 2.64. The summed E-state index contributed by atoms with van der Waals surface area (Å²) in [6.07, 6.45) is 0. The molecule has 5 nitrogen and oxygen atoms in total. The molecule has 0 radical (unpaired) electrons. The summed E-state index contributed by atoms with van der Waals surface area (Å²) in [5, 5.41) is 3.36. The molecule has 2 heterocycles. The van der Waals surface area contributed by atoms with Gasteiger partial charge in [0.05, 0.1) is 7.11 Å². The van der Waals surface area contributed by atoms with Crippen LogP contribution < -0.4 is 15.8 Å². The van der Waals surface area contributed by atoms with Crippen LogP contribution in [0.5, 0.6) is 5.75 Å². The maximum absolute atomic E-state index is 6.18. The molecular formula is C15H20N4O. The smallest absolute Gasteiger partial charge is 0.119 e. The van der Waals surface area contributed by atoms with Crippen molar-refractivity contribution in [3.8, 4) is 5.75 Å². The minimum absolute atomic E-state index is 0.0754. The molecule has 1 aliphatic rings. The van der Waals surface area contributed by atoms with Crippen LogP contribution in [-0.4, -0.2) is 30.6 Å². The third-order valence-corrected chi connectivity index (χ3v) is 3.64. The molecule has 1 aromatic heterocycles. The number of H-pyrrole nitrogens is 1. The summed E-state index contributed by atoms with van der Waals surface area (Å²) in [7, 11) is 3.75. The lowest BCUT2D eigenvalue weighted by atomic mass is 10.0. The Morgan fingerprint density at radius 2 is 2.10 bits per heavy atom. The Labute approximate surface area is 118 Å². The average Bonchev–Trinajstić information content (AvgIpc) is 2.82. The normalized spacial score (nSPS) is 18.6. The van der Waals surface area contributed by atoms with E-state index in [-0.39, 0.29) is 6.04 Å². The lowest BCUT2D eigenvalue weighted by molar-refractivity contribution is 0.280. The number of likely N-dealkylation sites (N-methyl/N-ethyl adjacent to an activating group) is 1. The van der Waals surface area contributed by atoms with Gasteiger partial charge in [0.25, 0.3) is 0 Å². The summed E-state index contributed by atoms with van der Waals surface area (Å²) in [6, 6.07) is 10.0. The van der Waals surface area contributed by atoms with Gasteiger partial charge >= 0.3 is 0 Å². The first-order valence-electron chi connectivity index (χ1n) is 6.72. The number of ether oxygens (including phenoxy) is 1. The number of methoxy groups -OCH3 is 1. The number of rotatable bonds is 3. The highest BCUT2D eigenvalue weighted by Crippen LogP contribution is 2.28. The van der Waals surface area contributed by atoms with Crippen molar-refractivity contribution in [1.29, 1.82) is 0 Å². The van der Waals surface area contributed by atoms with E-state index in [0.717, 1.165) is 30.3 Å². The highest BCUT2D eigenvalue weighted by Gasteiger charge is 2.22. The molecule has 3 rings (SSSR count). The van der Waals surface area contributed by atoms with Crippen LogP contribution in [0.15, 0.2) is 30.3 Å². The Bertz CT molecular complexity index is 590. The number of fused-ring (bicyclic) bond motifs is 1. The van der Waals surface area contributed by atoms with Gasteiger partial charge in [0.15, 0.2) is 0 Å². The molecule has 1 unspecified atom stereocenters. The van der Waals surface area contributed by atoms with Gasteiger partial charge in [-0.3, -0.25) is 4.90 Å². The van der Waals surface area contributed by atoms with E-state index >= 15 is 0 Å². The molecule has 2 aromatic rings. The van der Waals surface area contributed by atoms with Crippen LogP contribution >= 0.6 is 0 Å². The number of hydrogen-bond donors (Lipinski definition) is 3. The Morgan fingerprint density at radius 1 is 1.35 bits per heavy atom. The molecule has 0 aliphatic carbocycles. The largest absolute Gasteiger partial charge is 0.497 e. The lowest BCUT2D eigenvalue weighted by Crippen LogP contribution is -2.33. The number of aromatic amines is 1. The number of anilines is 2. The van der Waals surface area contributed by atoms with Crippen molar-refractivity contribution in [2.75, 3.05) is 26.0 Å². The molecule has 4 N–H and O–H groups in total. The molecule has 0 saturated carbocycles. The van der Waals surface area contributed by atoms with Crippen LogP contribution in [0.3, 0.4) is 0 Å². The highest BCUT2D eigenvalue weighted by molar-refractivity contribution is 5.59. The van der Waals surface area contributed by atoms with Crippen molar-refractivity contribution >= 4 is 11.5 Å². The summed E-state index contributed by atoms with van der Waals surface area (Å²) in [5.41, 5.74) is 9.60. The van der Waals surface area contributed by atoms with Crippen molar-refractivity contribution in [2.45, 2.75) is 12.6 Å². The van der Waals surface area contributed by atoms with E-state index in [4.69, 9.17) is 10.5 Å². The second-order valence-corrected chi connectivity index (χ2v) is 5.27. The molecule has 5 heteroatoms. The van der Waals surface area contributed by atoms with Crippen LogP contribution in [0.4, 0.5) is 11.5 Å². The lowest BCUT2D eigenvalue weighted by Gasteiger charge is -2.27. The van der Waals surface area contributed by atoms with E-state index in [1.165, 1.54) is 11.3 Å². The number of benzene rings is 1. The van der Waals surface area contributed by atoms with Crippen LogP contribution in [-0.2, 0) is 6.54 Å². The predicted octanol–water partition coefficient (Wildman–Crippen LogP) is 2.21. The summed E-state index contributed by atoms with van der Waals surface area (Å²) >= 11 is 0. The van der Waals surface area contributed by atoms with Gasteiger partial charge in [-0.15, -0.1) is 0 Å². The molecule has 0 amide bonds. The van der Waals surface area contributed by atoms with E-state index in [1.807, 2.05) is 24.3 Å². The summed E-state index contributed by atoms with van der Waals surface area (Å²) < 4.78 is 5.15. The maximum Gasteiger partial charge on any atom is 0.119 e. The van der Waals surface area contributed by atoms with Crippen LogP contribution in [0.1, 0.15) is 17.3 Å². The van der Waals surface area contributed by atoms with E-state index in [9.17, 15) is 0 Å². The molecule has 20 heavy (non-hydrogen) atoms. The SMILES string of the molecule is COc1ccc(Nc2cc3c([nH]2)CN(C)CC3N)cc1. The van der Waals surface area contributed by atoms with Crippen LogP contribution in [0.2, 0.25) is 0 Å². The zero-order valence-electron chi connectivity index (χ0n) is 11.8. The molecule has 0 bridgehead atoms. The zero-order valence-corrected chi connectivity index (χ0v) is 11.8. The van der Waals surface area contributed by atoms with Crippen molar-refractivity contribution in [1.82, 2.24) is 9.88 Å². The van der Waals surface area contributed by atoms with Gasteiger partial charge in [0.1, 0.15) is 11.6 Å². The van der Waals surface area contributed by atoms with Crippen molar-refractivity contribution in [2.24, 2.45) is 5.73 Å². The highest BCUT2D eigenvalue weighted by atomic mass is 16.5. The van der Waals surface area contributed by atoms with Crippen LogP contribution in [0, 0.1) is 0 Å². The Hall–Kier alpha value is -1.98. The minimum atomic E-state index is 0.0754. The van der Waals surface area contributed by atoms with Gasteiger partial charge < -0.3 is 20.8 Å². The molecular weight excluding hydrogens is 252 g/mol. The molecule has 0 saturated heterocycles. The second kappa shape index (κ2) is 5.19. The molecule has 1 atom stereocenters. The van der Waals surface area contributed by atoms with Crippen LogP contribution in [0.25, 0.3) is 0 Å². The number of hydrogen-bond acceptors (Lipinski definition) is 4. The number of aromatic nitrogens is 1. The van der Waals surface area contributed by atoms with Gasteiger partial charge in [-0.1, -0.05) is 0 Å².